The smallest absolute Gasteiger partial charge is 0.139 e. The lowest BCUT2D eigenvalue weighted by molar-refractivity contribution is 1.31. The molecule has 0 aromatic carbocycles. The van der Waals surface area contributed by atoms with Crippen LogP contribution >= 0.6 is 0 Å². The van der Waals surface area contributed by atoms with E-state index in [1.807, 2.05) is 6.07 Å². The minimum atomic E-state index is 0.522. The lowest BCUT2D eigenvalue weighted by Crippen LogP contribution is -1.83. The van der Waals surface area contributed by atoms with Crippen molar-refractivity contribution >= 4 is 16.7 Å². The Balaban J connectivity index is 2.82. The fraction of sp³-hybridized carbons (Fsp3) is 0. The van der Waals surface area contributed by atoms with Crippen LogP contribution in [0.25, 0.3) is 11.0 Å². The summed E-state index contributed by atoms with van der Waals surface area (Å²) in [7, 11) is 0. The van der Waals surface area contributed by atoms with E-state index in [4.69, 9.17) is 11.0 Å². The van der Waals surface area contributed by atoms with E-state index >= 15 is 0 Å². The second kappa shape index (κ2) is 2.24. The zero-order chi connectivity index (χ0) is 8.55. The van der Waals surface area contributed by atoms with Crippen LogP contribution in [0.3, 0.4) is 0 Å². The van der Waals surface area contributed by atoms with Crippen LogP contribution in [0.15, 0.2) is 18.5 Å². The summed E-state index contributed by atoms with van der Waals surface area (Å²) in [5.41, 5.74) is 7.48. The molecular weight excluding hydrogens is 152 g/mol. The molecule has 0 saturated heterocycles. The zero-order valence-corrected chi connectivity index (χ0v) is 6.20. The average Bonchev–Trinajstić information content (AvgIpc) is 2.47. The largest absolute Gasteiger partial charge is 0.397 e. The molecule has 0 aliphatic rings. The summed E-state index contributed by atoms with van der Waals surface area (Å²) in [5.74, 6) is 0. The molecule has 3 N–H and O–H groups in total. The van der Waals surface area contributed by atoms with Crippen LogP contribution in [0.1, 0.15) is 5.56 Å². The van der Waals surface area contributed by atoms with E-state index in [0.717, 1.165) is 5.39 Å². The van der Waals surface area contributed by atoms with Gasteiger partial charge < -0.3 is 10.7 Å². The van der Waals surface area contributed by atoms with Gasteiger partial charge in [-0.2, -0.15) is 5.26 Å². The number of hydrogen-bond acceptors (Lipinski definition) is 3. The Hall–Kier alpha value is -2.02. The fourth-order valence-electron chi connectivity index (χ4n) is 1.08. The van der Waals surface area contributed by atoms with Gasteiger partial charge in [-0.1, -0.05) is 0 Å². The molecule has 2 aromatic heterocycles. The standard InChI is InChI=1S/C8H6N4/c9-2-5-1-6-7(10)4-12-8(6)11-3-5/h1,3-4H,10H2,(H,11,12). The molecule has 12 heavy (non-hydrogen) atoms. The number of fused-ring (bicyclic) bond motifs is 1. The van der Waals surface area contributed by atoms with Gasteiger partial charge in [0, 0.05) is 17.8 Å². The van der Waals surface area contributed by atoms with Gasteiger partial charge in [-0.25, -0.2) is 4.98 Å². The van der Waals surface area contributed by atoms with Crippen LogP contribution in [-0.2, 0) is 0 Å². The number of anilines is 1. The van der Waals surface area contributed by atoms with Crippen molar-refractivity contribution in [2.24, 2.45) is 0 Å². The number of aromatic nitrogens is 2. The first-order valence-corrected chi connectivity index (χ1v) is 3.44. The molecule has 2 aromatic rings. The Morgan fingerprint density at radius 2 is 2.42 bits per heavy atom. The number of nitrogens with one attached hydrogen (secondary N) is 1. The molecule has 0 aliphatic carbocycles. The van der Waals surface area contributed by atoms with Gasteiger partial charge in [0.2, 0.25) is 0 Å². The first kappa shape index (κ1) is 6.68. The van der Waals surface area contributed by atoms with E-state index in [1.54, 1.807) is 12.3 Å². The number of nitriles is 1. The summed E-state index contributed by atoms with van der Waals surface area (Å²) in [6.45, 7) is 0. The molecule has 0 radical (unpaired) electrons. The molecule has 0 fully saturated rings. The maximum Gasteiger partial charge on any atom is 0.139 e. The highest BCUT2D eigenvalue weighted by molar-refractivity contribution is 5.89. The SMILES string of the molecule is N#Cc1cnc2[nH]cc(N)c2c1. The monoisotopic (exact) mass is 158 g/mol. The Labute approximate surface area is 68.6 Å². The highest BCUT2D eigenvalue weighted by Crippen LogP contribution is 2.18. The van der Waals surface area contributed by atoms with E-state index in [-0.39, 0.29) is 0 Å². The number of H-pyrrole nitrogens is 1. The van der Waals surface area contributed by atoms with Crippen molar-refractivity contribution in [1.82, 2.24) is 9.97 Å². The highest BCUT2D eigenvalue weighted by Gasteiger charge is 2.01. The number of rotatable bonds is 0. The van der Waals surface area contributed by atoms with Crippen molar-refractivity contribution in [3.63, 3.8) is 0 Å². The Kier molecular flexibility index (Phi) is 1.25. The molecule has 4 heteroatoms. The van der Waals surface area contributed by atoms with Gasteiger partial charge in [0.1, 0.15) is 11.7 Å². The van der Waals surface area contributed by atoms with Crippen molar-refractivity contribution in [3.8, 4) is 6.07 Å². The average molecular weight is 158 g/mol. The molecule has 2 heterocycles. The molecule has 0 unspecified atom stereocenters. The van der Waals surface area contributed by atoms with Gasteiger partial charge in [-0.05, 0) is 6.07 Å². The van der Waals surface area contributed by atoms with E-state index in [9.17, 15) is 0 Å². The van der Waals surface area contributed by atoms with Crippen LogP contribution in [0, 0.1) is 11.3 Å². The van der Waals surface area contributed by atoms with Crippen LogP contribution in [0.4, 0.5) is 5.69 Å². The molecule has 58 valence electrons. The molecule has 4 nitrogen and oxygen atoms in total. The minimum Gasteiger partial charge on any atom is -0.397 e. The Morgan fingerprint density at radius 3 is 3.17 bits per heavy atom. The number of nitrogens with zero attached hydrogens (tertiary/aromatic N) is 2. The molecule has 0 aliphatic heterocycles. The topological polar surface area (TPSA) is 78.5 Å². The van der Waals surface area contributed by atoms with Crippen molar-refractivity contribution in [3.05, 3.63) is 24.0 Å². The fourth-order valence-corrected chi connectivity index (χ4v) is 1.08. The molecule has 0 bridgehead atoms. The number of aromatic amines is 1. The van der Waals surface area contributed by atoms with Gasteiger partial charge in [-0.3, -0.25) is 0 Å². The third kappa shape index (κ3) is 0.805. The van der Waals surface area contributed by atoms with Gasteiger partial charge in [0.25, 0.3) is 0 Å². The summed E-state index contributed by atoms with van der Waals surface area (Å²) in [6, 6.07) is 3.72. The summed E-state index contributed by atoms with van der Waals surface area (Å²) < 4.78 is 0. The van der Waals surface area contributed by atoms with Crippen molar-refractivity contribution in [2.75, 3.05) is 5.73 Å². The van der Waals surface area contributed by atoms with E-state index in [2.05, 4.69) is 9.97 Å². The third-order valence-electron chi connectivity index (χ3n) is 1.69. The molecule has 2 rings (SSSR count). The van der Waals surface area contributed by atoms with Crippen LogP contribution in [-0.4, -0.2) is 9.97 Å². The van der Waals surface area contributed by atoms with Crippen LogP contribution < -0.4 is 5.73 Å². The van der Waals surface area contributed by atoms with Gasteiger partial charge in [0.05, 0.1) is 11.3 Å². The van der Waals surface area contributed by atoms with Gasteiger partial charge in [0.15, 0.2) is 0 Å². The second-order valence-electron chi connectivity index (χ2n) is 2.48. The predicted octanol–water partition coefficient (Wildman–Crippen LogP) is 1.02. The summed E-state index contributed by atoms with van der Waals surface area (Å²) >= 11 is 0. The molecule has 0 amide bonds. The van der Waals surface area contributed by atoms with E-state index < -0.39 is 0 Å². The molecular formula is C8H6N4. The zero-order valence-electron chi connectivity index (χ0n) is 6.20. The summed E-state index contributed by atoms with van der Waals surface area (Å²) in [6.07, 6.45) is 3.18. The maximum atomic E-state index is 8.58. The molecule has 0 spiro atoms. The number of pyridine rings is 1. The third-order valence-corrected chi connectivity index (χ3v) is 1.69. The number of nitrogens with two attached hydrogens (primary N) is 1. The summed E-state index contributed by atoms with van der Waals surface area (Å²) in [5, 5.41) is 9.38. The lowest BCUT2D eigenvalue weighted by atomic mass is 10.2. The highest BCUT2D eigenvalue weighted by atomic mass is 14.9. The lowest BCUT2D eigenvalue weighted by Gasteiger charge is -1.90. The van der Waals surface area contributed by atoms with Crippen LogP contribution in [0.5, 0.6) is 0 Å². The summed E-state index contributed by atoms with van der Waals surface area (Å²) in [4.78, 5) is 6.91. The quantitative estimate of drug-likeness (QED) is 0.600. The Morgan fingerprint density at radius 1 is 1.58 bits per heavy atom. The van der Waals surface area contributed by atoms with Crippen LogP contribution in [0.2, 0.25) is 0 Å². The van der Waals surface area contributed by atoms with Crippen molar-refractivity contribution in [2.45, 2.75) is 0 Å². The first-order chi connectivity index (χ1) is 5.81. The minimum absolute atomic E-state index is 0.522. The van der Waals surface area contributed by atoms with Gasteiger partial charge >= 0.3 is 0 Å². The second-order valence-corrected chi connectivity index (χ2v) is 2.48. The predicted molar refractivity (Wildman–Crippen MR) is 45.2 cm³/mol. The molecule has 0 atom stereocenters. The first-order valence-electron chi connectivity index (χ1n) is 3.44. The molecule has 0 saturated carbocycles. The van der Waals surface area contributed by atoms with Crippen molar-refractivity contribution < 1.29 is 0 Å². The number of nitrogen functional groups attached to an aromatic ring is 1. The van der Waals surface area contributed by atoms with E-state index in [1.165, 1.54) is 6.20 Å². The van der Waals surface area contributed by atoms with E-state index in [0.29, 0.717) is 16.9 Å². The van der Waals surface area contributed by atoms with Crippen molar-refractivity contribution in [1.29, 1.82) is 5.26 Å². The van der Waals surface area contributed by atoms with Gasteiger partial charge in [-0.15, -0.1) is 0 Å². The maximum absolute atomic E-state index is 8.58. The Bertz CT molecular complexity index is 463. The normalized spacial score (nSPS) is 9.92. The number of hydrogen-bond donors (Lipinski definition) is 2.